The van der Waals surface area contributed by atoms with Crippen LogP contribution in [0.4, 0.5) is 16.2 Å². The molecule has 4 nitrogen and oxygen atoms in total. The molecule has 0 saturated carbocycles. The van der Waals surface area contributed by atoms with Crippen molar-refractivity contribution in [2.45, 2.75) is 26.8 Å². The van der Waals surface area contributed by atoms with Crippen LogP contribution >= 0.6 is 15.9 Å². The van der Waals surface area contributed by atoms with Crippen molar-refractivity contribution in [2.24, 2.45) is 0 Å². The number of aryl methyl sites for hydroxylation is 1. The van der Waals surface area contributed by atoms with Crippen LogP contribution < -0.4 is 16.4 Å². The molecular weight excluding hydrogens is 270 g/mol. The average Bonchev–Trinajstić information content (AvgIpc) is 2.09. The van der Waals surface area contributed by atoms with Gasteiger partial charge in [-0.25, -0.2) is 4.79 Å². The zero-order valence-corrected chi connectivity index (χ0v) is 11.2. The van der Waals surface area contributed by atoms with E-state index in [9.17, 15) is 4.79 Å². The van der Waals surface area contributed by atoms with Gasteiger partial charge in [-0.1, -0.05) is 15.9 Å². The molecule has 2 amide bonds. The Morgan fingerprint density at radius 2 is 2.06 bits per heavy atom. The van der Waals surface area contributed by atoms with E-state index in [4.69, 9.17) is 5.73 Å². The maximum Gasteiger partial charge on any atom is 0.319 e. The second-order valence-electron chi connectivity index (χ2n) is 3.94. The first-order valence-corrected chi connectivity index (χ1v) is 5.82. The summed E-state index contributed by atoms with van der Waals surface area (Å²) in [4.78, 5) is 11.5. The highest BCUT2D eigenvalue weighted by Gasteiger charge is 2.09. The second-order valence-corrected chi connectivity index (χ2v) is 4.86. The molecule has 0 aliphatic carbocycles. The lowest BCUT2D eigenvalue weighted by Crippen LogP contribution is -2.34. The number of halogens is 1. The molecule has 1 aromatic carbocycles. The van der Waals surface area contributed by atoms with E-state index in [1.807, 2.05) is 26.8 Å². The van der Waals surface area contributed by atoms with E-state index in [0.29, 0.717) is 11.4 Å². The van der Waals surface area contributed by atoms with Gasteiger partial charge in [-0.2, -0.15) is 0 Å². The summed E-state index contributed by atoms with van der Waals surface area (Å²) in [7, 11) is 0. The highest BCUT2D eigenvalue weighted by Crippen LogP contribution is 2.27. The molecule has 0 aliphatic heterocycles. The summed E-state index contributed by atoms with van der Waals surface area (Å²) in [6.07, 6.45) is 0. The smallest absolute Gasteiger partial charge is 0.319 e. The van der Waals surface area contributed by atoms with Crippen molar-refractivity contribution in [3.05, 3.63) is 22.2 Å². The van der Waals surface area contributed by atoms with Gasteiger partial charge in [0.05, 0.1) is 11.4 Å². The lowest BCUT2D eigenvalue weighted by Gasteiger charge is -2.14. The summed E-state index contributed by atoms with van der Waals surface area (Å²) in [5, 5.41) is 5.48. The van der Waals surface area contributed by atoms with Crippen molar-refractivity contribution in [1.82, 2.24) is 5.32 Å². The summed E-state index contributed by atoms with van der Waals surface area (Å²) in [5.41, 5.74) is 7.95. The van der Waals surface area contributed by atoms with Crippen LogP contribution in [0.15, 0.2) is 16.6 Å². The van der Waals surface area contributed by atoms with Crippen LogP contribution in [-0.2, 0) is 0 Å². The Bertz CT molecular complexity index is 381. The minimum Gasteiger partial charge on any atom is -0.397 e. The monoisotopic (exact) mass is 285 g/mol. The van der Waals surface area contributed by atoms with Crippen LogP contribution in [0.25, 0.3) is 0 Å². The number of hydrogen-bond donors (Lipinski definition) is 3. The number of carbonyl (C=O) groups excluding carboxylic acids is 1. The van der Waals surface area contributed by atoms with Crippen LogP contribution in [-0.4, -0.2) is 12.1 Å². The Kier molecular flexibility index (Phi) is 4.18. The van der Waals surface area contributed by atoms with Gasteiger partial charge in [0, 0.05) is 10.5 Å². The SMILES string of the molecule is Cc1cc(Br)cc(N)c1NC(=O)NC(C)C. The molecule has 0 fully saturated rings. The van der Waals surface area contributed by atoms with Gasteiger partial charge in [0.1, 0.15) is 0 Å². The van der Waals surface area contributed by atoms with E-state index < -0.39 is 0 Å². The van der Waals surface area contributed by atoms with Crippen molar-refractivity contribution in [3.63, 3.8) is 0 Å². The zero-order valence-electron chi connectivity index (χ0n) is 9.60. The Labute approximate surface area is 104 Å². The quantitative estimate of drug-likeness (QED) is 0.732. The van der Waals surface area contributed by atoms with E-state index >= 15 is 0 Å². The first-order chi connectivity index (χ1) is 7.40. The maximum absolute atomic E-state index is 11.5. The largest absolute Gasteiger partial charge is 0.397 e. The van der Waals surface area contributed by atoms with Crippen molar-refractivity contribution in [1.29, 1.82) is 0 Å². The molecule has 16 heavy (non-hydrogen) atoms. The number of amides is 2. The Morgan fingerprint density at radius 1 is 1.44 bits per heavy atom. The second kappa shape index (κ2) is 5.21. The average molecular weight is 286 g/mol. The predicted molar refractivity (Wildman–Crippen MR) is 70.6 cm³/mol. The van der Waals surface area contributed by atoms with E-state index in [1.165, 1.54) is 0 Å². The molecule has 0 spiro atoms. The number of anilines is 2. The van der Waals surface area contributed by atoms with Crippen LogP contribution in [0.3, 0.4) is 0 Å². The number of rotatable bonds is 2. The Hall–Kier alpha value is -1.23. The van der Waals surface area contributed by atoms with E-state index in [2.05, 4.69) is 26.6 Å². The van der Waals surface area contributed by atoms with Gasteiger partial charge < -0.3 is 16.4 Å². The Morgan fingerprint density at radius 3 is 2.56 bits per heavy atom. The van der Waals surface area contributed by atoms with Crippen LogP contribution in [0, 0.1) is 6.92 Å². The number of carbonyl (C=O) groups is 1. The molecule has 1 rings (SSSR count). The number of benzene rings is 1. The lowest BCUT2D eigenvalue weighted by molar-refractivity contribution is 0.250. The van der Waals surface area contributed by atoms with Gasteiger partial charge in [0.2, 0.25) is 0 Å². The molecule has 0 unspecified atom stereocenters. The highest BCUT2D eigenvalue weighted by molar-refractivity contribution is 9.10. The fourth-order valence-corrected chi connectivity index (χ4v) is 1.94. The van der Waals surface area contributed by atoms with Crippen molar-refractivity contribution in [2.75, 3.05) is 11.1 Å². The topological polar surface area (TPSA) is 67.1 Å². The Balaban J connectivity index is 2.85. The van der Waals surface area contributed by atoms with Gasteiger partial charge in [-0.15, -0.1) is 0 Å². The standard InChI is InChI=1S/C11H16BrN3O/c1-6(2)14-11(16)15-10-7(3)4-8(12)5-9(10)13/h4-6H,13H2,1-3H3,(H2,14,15,16). The summed E-state index contributed by atoms with van der Waals surface area (Å²) in [6, 6.07) is 3.52. The van der Waals surface area contributed by atoms with Crippen molar-refractivity contribution in [3.8, 4) is 0 Å². The first kappa shape index (κ1) is 12.8. The van der Waals surface area contributed by atoms with E-state index in [1.54, 1.807) is 6.07 Å². The molecule has 0 radical (unpaired) electrons. The third kappa shape index (κ3) is 3.41. The number of urea groups is 1. The lowest BCUT2D eigenvalue weighted by atomic mass is 10.1. The molecule has 0 saturated heterocycles. The summed E-state index contributed by atoms with van der Waals surface area (Å²) < 4.78 is 0.900. The normalized spacial score (nSPS) is 10.3. The zero-order chi connectivity index (χ0) is 12.3. The molecule has 1 aromatic rings. The molecular formula is C11H16BrN3O. The molecule has 0 aromatic heterocycles. The summed E-state index contributed by atoms with van der Waals surface area (Å²) in [5.74, 6) is 0. The molecule has 0 aliphatic rings. The van der Waals surface area contributed by atoms with Crippen LogP contribution in [0.2, 0.25) is 0 Å². The van der Waals surface area contributed by atoms with Crippen LogP contribution in [0.5, 0.6) is 0 Å². The van der Waals surface area contributed by atoms with E-state index in [-0.39, 0.29) is 12.1 Å². The van der Waals surface area contributed by atoms with Gasteiger partial charge in [0.25, 0.3) is 0 Å². The third-order valence-electron chi connectivity index (χ3n) is 1.99. The minimum atomic E-state index is -0.243. The van der Waals surface area contributed by atoms with Crippen molar-refractivity contribution < 1.29 is 4.79 Å². The number of nitrogen functional groups attached to an aromatic ring is 1. The van der Waals surface area contributed by atoms with Crippen molar-refractivity contribution >= 4 is 33.3 Å². The highest BCUT2D eigenvalue weighted by atomic mass is 79.9. The fourth-order valence-electron chi connectivity index (χ4n) is 1.35. The van der Waals surface area contributed by atoms with Gasteiger partial charge >= 0.3 is 6.03 Å². The van der Waals surface area contributed by atoms with Crippen LogP contribution in [0.1, 0.15) is 19.4 Å². The number of nitrogens with one attached hydrogen (secondary N) is 2. The first-order valence-electron chi connectivity index (χ1n) is 5.03. The molecule has 0 atom stereocenters. The molecule has 5 heteroatoms. The summed E-state index contributed by atoms with van der Waals surface area (Å²) >= 11 is 3.35. The van der Waals surface area contributed by atoms with Gasteiger partial charge in [0.15, 0.2) is 0 Å². The summed E-state index contributed by atoms with van der Waals surface area (Å²) in [6.45, 7) is 5.70. The fraction of sp³-hybridized carbons (Fsp3) is 0.364. The predicted octanol–water partition coefficient (Wildman–Crippen LogP) is 2.87. The molecule has 88 valence electrons. The third-order valence-corrected chi connectivity index (χ3v) is 2.45. The van der Waals surface area contributed by atoms with Gasteiger partial charge in [-0.3, -0.25) is 0 Å². The van der Waals surface area contributed by atoms with E-state index in [0.717, 1.165) is 10.0 Å². The molecule has 0 bridgehead atoms. The molecule has 4 N–H and O–H groups in total. The van der Waals surface area contributed by atoms with Gasteiger partial charge in [-0.05, 0) is 38.5 Å². The number of nitrogens with two attached hydrogens (primary N) is 1. The number of hydrogen-bond acceptors (Lipinski definition) is 2. The minimum absolute atomic E-state index is 0.0944. The maximum atomic E-state index is 11.5. The molecule has 0 heterocycles.